The first-order valence-electron chi connectivity index (χ1n) is 7.91. The fourth-order valence-corrected chi connectivity index (χ4v) is 3.07. The van der Waals surface area contributed by atoms with Gasteiger partial charge < -0.3 is 4.90 Å². The molecule has 0 radical (unpaired) electrons. The molecule has 1 saturated heterocycles. The fraction of sp³-hybridized carbons (Fsp3) is 0.368. The molecule has 2 nitrogen and oxygen atoms in total. The van der Waals surface area contributed by atoms with Gasteiger partial charge in [-0.1, -0.05) is 30.3 Å². The lowest BCUT2D eigenvalue weighted by Crippen LogP contribution is -2.46. The number of piperazine rings is 1. The van der Waals surface area contributed by atoms with Crippen molar-refractivity contribution in [2.75, 3.05) is 31.1 Å². The summed E-state index contributed by atoms with van der Waals surface area (Å²) >= 11 is 0. The van der Waals surface area contributed by atoms with E-state index in [4.69, 9.17) is 0 Å². The Labute approximate surface area is 132 Å². The maximum absolute atomic E-state index is 13.7. The number of rotatable bonds is 3. The first kappa shape index (κ1) is 15.0. The molecule has 116 valence electrons. The second kappa shape index (κ2) is 6.49. The summed E-state index contributed by atoms with van der Waals surface area (Å²) in [6.45, 7) is 8.95. The minimum Gasteiger partial charge on any atom is -0.369 e. The lowest BCUT2D eigenvalue weighted by Gasteiger charge is -2.37. The van der Waals surface area contributed by atoms with Gasteiger partial charge in [0.2, 0.25) is 0 Å². The van der Waals surface area contributed by atoms with Crippen LogP contribution in [0.1, 0.15) is 16.7 Å². The summed E-state index contributed by atoms with van der Waals surface area (Å²) in [6.07, 6.45) is 0. The Morgan fingerprint density at radius 1 is 0.955 bits per heavy atom. The van der Waals surface area contributed by atoms with Gasteiger partial charge in [0.05, 0.1) is 0 Å². The first-order valence-corrected chi connectivity index (χ1v) is 7.91. The average Bonchev–Trinajstić information content (AvgIpc) is 2.53. The van der Waals surface area contributed by atoms with Crippen LogP contribution in [-0.4, -0.2) is 31.1 Å². The summed E-state index contributed by atoms with van der Waals surface area (Å²) in [7, 11) is 0. The summed E-state index contributed by atoms with van der Waals surface area (Å²) in [5, 5.41) is 0. The van der Waals surface area contributed by atoms with E-state index in [0.717, 1.165) is 31.7 Å². The van der Waals surface area contributed by atoms with E-state index in [1.54, 1.807) is 12.1 Å². The fourth-order valence-electron chi connectivity index (χ4n) is 3.07. The van der Waals surface area contributed by atoms with E-state index < -0.39 is 0 Å². The molecule has 0 saturated carbocycles. The number of aryl methyl sites for hydroxylation is 2. The minimum absolute atomic E-state index is 0.0977. The monoisotopic (exact) mass is 298 g/mol. The standard InChI is InChI=1S/C19H23FN2/c1-15-7-8-16(2)19(13-15)22-11-9-21(10-12-22)14-17-5-3-4-6-18(17)20/h3-8,13H,9-12,14H2,1-2H3. The van der Waals surface area contributed by atoms with Crippen LogP contribution in [0.5, 0.6) is 0 Å². The molecule has 0 unspecified atom stereocenters. The van der Waals surface area contributed by atoms with Crippen LogP contribution in [0.15, 0.2) is 42.5 Å². The third kappa shape index (κ3) is 3.30. The number of halogens is 1. The zero-order valence-corrected chi connectivity index (χ0v) is 13.3. The molecule has 22 heavy (non-hydrogen) atoms. The van der Waals surface area contributed by atoms with Crippen molar-refractivity contribution in [2.24, 2.45) is 0 Å². The number of anilines is 1. The van der Waals surface area contributed by atoms with Crippen LogP contribution in [0.2, 0.25) is 0 Å². The van der Waals surface area contributed by atoms with Gasteiger partial charge in [0.1, 0.15) is 5.82 Å². The van der Waals surface area contributed by atoms with Gasteiger partial charge in [-0.05, 0) is 37.1 Å². The number of hydrogen-bond donors (Lipinski definition) is 0. The van der Waals surface area contributed by atoms with E-state index in [2.05, 4.69) is 41.8 Å². The van der Waals surface area contributed by atoms with E-state index in [-0.39, 0.29) is 5.82 Å². The van der Waals surface area contributed by atoms with Gasteiger partial charge in [-0.15, -0.1) is 0 Å². The number of benzene rings is 2. The Balaban J connectivity index is 1.63. The molecule has 2 aromatic carbocycles. The van der Waals surface area contributed by atoms with Crippen molar-refractivity contribution in [3.8, 4) is 0 Å². The van der Waals surface area contributed by atoms with Gasteiger partial charge in [0.25, 0.3) is 0 Å². The molecule has 0 aromatic heterocycles. The average molecular weight is 298 g/mol. The van der Waals surface area contributed by atoms with E-state index in [0.29, 0.717) is 6.54 Å². The molecule has 0 spiro atoms. The molecule has 2 aromatic rings. The predicted octanol–water partition coefficient (Wildman–Crippen LogP) is 3.76. The van der Waals surface area contributed by atoms with Crippen molar-refractivity contribution in [2.45, 2.75) is 20.4 Å². The summed E-state index contributed by atoms with van der Waals surface area (Å²) in [5.41, 5.74) is 4.76. The van der Waals surface area contributed by atoms with Crippen molar-refractivity contribution < 1.29 is 4.39 Å². The Bertz CT molecular complexity index is 646. The van der Waals surface area contributed by atoms with Crippen LogP contribution in [0.25, 0.3) is 0 Å². The molecule has 1 aliphatic heterocycles. The molecule has 0 N–H and O–H groups in total. The summed E-state index contributed by atoms with van der Waals surface area (Å²) in [5.74, 6) is -0.0977. The molecule has 3 heteroatoms. The zero-order valence-electron chi connectivity index (χ0n) is 13.3. The van der Waals surface area contributed by atoms with Crippen LogP contribution >= 0.6 is 0 Å². The molecular weight excluding hydrogens is 275 g/mol. The molecule has 1 fully saturated rings. The van der Waals surface area contributed by atoms with E-state index in [9.17, 15) is 4.39 Å². The second-order valence-corrected chi connectivity index (χ2v) is 6.14. The summed E-state index contributed by atoms with van der Waals surface area (Å²) in [4.78, 5) is 4.78. The van der Waals surface area contributed by atoms with E-state index in [1.165, 1.54) is 16.8 Å². The molecule has 0 amide bonds. The maximum atomic E-state index is 13.7. The van der Waals surface area contributed by atoms with E-state index >= 15 is 0 Å². The molecule has 0 bridgehead atoms. The van der Waals surface area contributed by atoms with Crippen molar-refractivity contribution >= 4 is 5.69 Å². The Kier molecular flexibility index (Phi) is 4.44. The summed E-state index contributed by atoms with van der Waals surface area (Å²) in [6, 6.07) is 13.7. The van der Waals surface area contributed by atoms with Crippen molar-refractivity contribution in [3.63, 3.8) is 0 Å². The third-order valence-electron chi connectivity index (χ3n) is 4.43. The molecule has 3 rings (SSSR count). The highest BCUT2D eigenvalue weighted by Crippen LogP contribution is 2.23. The zero-order chi connectivity index (χ0) is 15.5. The number of nitrogens with zero attached hydrogens (tertiary/aromatic N) is 2. The van der Waals surface area contributed by atoms with Gasteiger partial charge in [0, 0.05) is 44.0 Å². The van der Waals surface area contributed by atoms with Gasteiger partial charge >= 0.3 is 0 Å². The molecule has 0 aliphatic carbocycles. The molecule has 1 aliphatic rings. The highest BCUT2D eigenvalue weighted by atomic mass is 19.1. The Morgan fingerprint density at radius 2 is 1.68 bits per heavy atom. The highest BCUT2D eigenvalue weighted by Gasteiger charge is 2.19. The SMILES string of the molecule is Cc1ccc(C)c(N2CCN(Cc3ccccc3F)CC2)c1. The lowest BCUT2D eigenvalue weighted by atomic mass is 10.1. The van der Waals surface area contributed by atoms with Crippen molar-refractivity contribution in [3.05, 3.63) is 65.0 Å². The van der Waals surface area contributed by atoms with Crippen LogP contribution in [0.3, 0.4) is 0 Å². The first-order chi connectivity index (χ1) is 10.6. The molecule has 0 atom stereocenters. The van der Waals surface area contributed by atoms with Gasteiger partial charge in [0.15, 0.2) is 0 Å². The predicted molar refractivity (Wildman–Crippen MR) is 89.8 cm³/mol. The Hall–Kier alpha value is -1.87. The summed E-state index contributed by atoms with van der Waals surface area (Å²) < 4.78 is 13.7. The van der Waals surface area contributed by atoms with Crippen LogP contribution in [0, 0.1) is 19.7 Å². The smallest absolute Gasteiger partial charge is 0.127 e. The third-order valence-corrected chi connectivity index (χ3v) is 4.43. The quantitative estimate of drug-likeness (QED) is 0.851. The minimum atomic E-state index is -0.0977. The molecular formula is C19H23FN2. The lowest BCUT2D eigenvalue weighted by molar-refractivity contribution is 0.246. The van der Waals surface area contributed by atoms with Gasteiger partial charge in [-0.25, -0.2) is 4.39 Å². The molecule has 1 heterocycles. The van der Waals surface area contributed by atoms with Crippen LogP contribution in [0.4, 0.5) is 10.1 Å². The number of hydrogen-bond acceptors (Lipinski definition) is 2. The highest BCUT2D eigenvalue weighted by molar-refractivity contribution is 5.55. The van der Waals surface area contributed by atoms with Crippen LogP contribution in [-0.2, 0) is 6.54 Å². The topological polar surface area (TPSA) is 6.48 Å². The normalized spacial score (nSPS) is 16.0. The van der Waals surface area contributed by atoms with Crippen LogP contribution < -0.4 is 4.90 Å². The van der Waals surface area contributed by atoms with E-state index in [1.807, 2.05) is 12.1 Å². The Morgan fingerprint density at radius 3 is 2.41 bits per heavy atom. The maximum Gasteiger partial charge on any atom is 0.127 e. The van der Waals surface area contributed by atoms with Gasteiger partial charge in [-0.2, -0.15) is 0 Å². The second-order valence-electron chi connectivity index (χ2n) is 6.14. The van der Waals surface area contributed by atoms with Crippen molar-refractivity contribution in [1.29, 1.82) is 0 Å². The van der Waals surface area contributed by atoms with Crippen molar-refractivity contribution in [1.82, 2.24) is 4.90 Å². The van der Waals surface area contributed by atoms with Gasteiger partial charge in [-0.3, -0.25) is 4.90 Å². The largest absolute Gasteiger partial charge is 0.369 e.